The molecule has 0 saturated heterocycles. The fourth-order valence-electron chi connectivity index (χ4n) is 8.68. The van der Waals surface area contributed by atoms with Crippen molar-refractivity contribution in [3.63, 3.8) is 0 Å². The van der Waals surface area contributed by atoms with E-state index in [0.717, 1.165) is 11.4 Å². The zero-order chi connectivity index (χ0) is 37.0. The molecule has 0 spiro atoms. The molecule has 0 fully saturated rings. The van der Waals surface area contributed by atoms with Crippen molar-refractivity contribution in [1.82, 2.24) is 9.13 Å². The molecule has 2 aromatic heterocycles. The van der Waals surface area contributed by atoms with Gasteiger partial charge in [0.1, 0.15) is 0 Å². The molecule has 9 aromatic carbocycles. The lowest BCUT2D eigenvalue weighted by molar-refractivity contribution is 1.17. The van der Waals surface area contributed by atoms with Gasteiger partial charge in [0.05, 0.1) is 22.1 Å². The molecule has 0 saturated carbocycles. The lowest BCUT2D eigenvalue weighted by Crippen LogP contribution is -1.95. The van der Waals surface area contributed by atoms with Gasteiger partial charge in [-0.2, -0.15) is 0 Å². The van der Waals surface area contributed by atoms with Crippen LogP contribution in [0.1, 0.15) is 0 Å². The van der Waals surface area contributed by atoms with Crippen molar-refractivity contribution in [2.75, 3.05) is 0 Å². The van der Waals surface area contributed by atoms with E-state index in [1.54, 1.807) is 0 Å². The molecule has 0 radical (unpaired) electrons. The van der Waals surface area contributed by atoms with Crippen molar-refractivity contribution in [2.45, 2.75) is 0 Å². The number of nitrogens with zero attached hydrogens (tertiary/aromatic N) is 2. The highest BCUT2D eigenvalue weighted by Gasteiger charge is 2.20. The number of aromatic nitrogens is 2. The van der Waals surface area contributed by atoms with Gasteiger partial charge < -0.3 is 9.13 Å². The maximum absolute atomic E-state index is 2.43. The summed E-state index contributed by atoms with van der Waals surface area (Å²) in [6.45, 7) is 0. The predicted octanol–water partition coefficient (Wildman–Crippen LogP) is 14.5. The van der Waals surface area contributed by atoms with Crippen LogP contribution in [-0.2, 0) is 0 Å². The van der Waals surface area contributed by atoms with E-state index in [-0.39, 0.29) is 0 Å². The normalized spacial score (nSPS) is 11.6. The largest absolute Gasteiger partial charge is 0.309 e. The zero-order valence-electron chi connectivity index (χ0n) is 30.7. The molecule has 0 aliphatic carbocycles. The van der Waals surface area contributed by atoms with E-state index >= 15 is 0 Å². The molecule has 2 heterocycles. The molecular weight excluding hydrogens is 677 g/mol. The van der Waals surface area contributed by atoms with Crippen LogP contribution < -0.4 is 0 Å². The van der Waals surface area contributed by atoms with Gasteiger partial charge in [0.2, 0.25) is 0 Å². The zero-order valence-corrected chi connectivity index (χ0v) is 30.7. The van der Waals surface area contributed by atoms with E-state index in [0.29, 0.717) is 0 Å². The lowest BCUT2D eigenvalue weighted by Gasteiger charge is -2.11. The Morgan fingerprint density at radius 3 is 0.982 bits per heavy atom. The number of hydrogen-bond acceptors (Lipinski definition) is 0. The third kappa shape index (κ3) is 5.26. The third-order valence-corrected chi connectivity index (χ3v) is 11.4. The molecule has 0 N–H and O–H groups in total. The summed E-state index contributed by atoms with van der Waals surface area (Å²) in [5, 5.41) is 5.07. The minimum absolute atomic E-state index is 1.15. The molecule has 0 amide bonds. The van der Waals surface area contributed by atoms with E-state index in [4.69, 9.17) is 0 Å². The maximum Gasteiger partial charge on any atom is 0.0548 e. The lowest BCUT2D eigenvalue weighted by atomic mass is 9.99. The molecule has 262 valence electrons. The van der Waals surface area contributed by atoms with Crippen LogP contribution >= 0.6 is 0 Å². The van der Waals surface area contributed by atoms with Gasteiger partial charge in [-0.25, -0.2) is 0 Å². The van der Waals surface area contributed by atoms with E-state index < -0.39 is 0 Å². The van der Waals surface area contributed by atoms with Gasteiger partial charge in [0, 0.05) is 32.9 Å². The van der Waals surface area contributed by atoms with Gasteiger partial charge in [0.25, 0.3) is 0 Å². The van der Waals surface area contributed by atoms with Crippen molar-refractivity contribution in [1.29, 1.82) is 0 Å². The Kier molecular flexibility index (Phi) is 7.53. The molecule has 11 aromatic rings. The first-order valence-electron chi connectivity index (χ1n) is 19.3. The van der Waals surface area contributed by atoms with Crippen LogP contribution in [0.3, 0.4) is 0 Å². The van der Waals surface area contributed by atoms with Crippen LogP contribution in [0, 0.1) is 0 Å². The number of rotatable bonds is 6. The first-order chi connectivity index (χ1) is 27.8. The number of hydrogen-bond donors (Lipinski definition) is 0. The average Bonchev–Trinajstić information content (AvgIpc) is 3.80. The maximum atomic E-state index is 2.43. The summed E-state index contributed by atoms with van der Waals surface area (Å²) in [7, 11) is 0. The molecule has 2 heteroatoms. The molecule has 2 nitrogen and oxygen atoms in total. The minimum atomic E-state index is 1.15. The summed E-state index contributed by atoms with van der Waals surface area (Å²) >= 11 is 0. The van der Waals surface area contributed by atoms with E-state index in [1.165, 1.54) is 88.1 Å². The Labute approximate surface area is 325 Å². The van der Waals surface area contributed by atoms with Crippen LogP contribution in [0.4, 0.5) is 0 Å². The number of benzene rings is 9. The standard InChI is InChI=1S/C54H36N2/c1-3-12-37(13-4-1)39-22-24-40(25-23-39)41-26-30-45(31-27-41)55-49-20-9-7-18-47(49)53-51(55)34-35-52-54(53)48-19-8-10-21-50(48)56(52)46-32-28-42(29-33-46)44-17-11-16-43(36-44)38-14-5-2-6-15-38/h1-36H. The summed E-state index contributed by atoms with van der Waals surface area (Å²) < 4.78 is 4.86. The average molecular weight is 713 g/mol. The highest BCUT2D eigenvalue weighted by molar-refractivity contribution is 6.28. The van der Waals surface area contributed by atoms with Crippen LogP contribution in [0.25, 0.3) is 99.5 Å². The van der Waals surface area contributed by atoms with Gasteiger partial charge in [-0.1, -0.05) is 164 Å². The van der Waals surface area contributed by atoms with Crippen LogP contribution in [-0.4, -0.2) is 9.13 Å². The van der Waals surface area contributed by atoms with Gasteiger partial charge in [-0.15, -0.1) is 0 Å². The summed E-state index contributed by atoms with van der Waals surface area (Å²) in [6, 6.07) is 79.2. The first-order valence-corrected chi connectivity index (χ1v) is 19.3. The van der Waals surface area contributed by atoms with Crippen LogP contribution in [0.2, 0.25) is 0 Å². The fraction of sp³-hybridized carbons (Fsp3) is 0. The van der Waals surface area contributed by atoms with Gasteiger partial charge in [-0.05, 0) is 99.1 Å². The highest BCUT2D eigenvalue weighted by atomic mass is 15.0. The number of fused-ring (bicyclic) bond motifs is 7. The number of para-hydroxylation sites is 2. The molecule has 0 aliphatic heterocycles. The highest BCUT2D eigenvalue weighted by Crippen LogP contribution is 2.42. The SMILES string of the molecule is c1ccc(-c2ccc(-c3ccc(-n4c5ccccc5c5c6c7ccccc7n(-c7ccc(-c8cccc(-c9ccccc9)c8)cc7)c6ccc54)cc3)cc2)cc1. The van der Waals surface area contributed by atoms with Crippen molar-refractivity contribution >= 4 is 43.6 Å². The Hall–Kier alpha value is -7.42. The molecule has 0 aliphatic rings. The van der Waals surface area contributed by atoms with Crippen molar-refractivity contribution in [3.05, 3.63) is 218 Å². The monoisotopic (exact) mass is 712 g/mol. The smallest absolute Gasteiger partial charge is 0.0548 e. The van der Waals surface area contributed by atoms with E-state index in [2.05, 4.69) is 228 Å². The van der Waals surface area contributed by atoms with Gasteiger partial charge >= 0.3 is 0 Å². The van der Waals surface area contributed by atoms with Gasteiger partial charge in [-0.3, -0.25) is 0 Å². The Bertz CT molecular complexity index is 3190. The summed E-state index contributed by atoms with van der Waals surface area (Å²) in [4.78, 5) is 0. The van der Waals surface area contributed by atoms with Crippen molar-refractivity contribution in [2.24, 2.45) is 0 Å². The predicted molar refractivity (Wildman–Crippen MR) is 237 cm³/mol. The second-order valence-corrected chi connectivity index (χ2v) is 14.5. The summed E-state index contributed by atoms with van der Waals surface area (Å²) in [6.07, 6.45) is 0. The first kappa shape index (κ1) is 32.0. The minimum Gasteiger partial charge on any atom is -0.309 e. The van der Waals surface area contributed by atoms with Crippen molar-refractivity contribution in [3.8, 4) is 55.9 Å². The summed E-state index contributed by atoms with van der Waals surface area (Å²) in [5.74, 6) is 0. The third-order valence-electron chi connectivity index (χ3n) is 11.4. The summed E-state index contributed by atoms with van der Waals surface area (Å²) in [5.41, 5.74) is 16.8. The van der Waals surface area contributed by atoms with E-state index in [9.17, 15) is 0 Å². The molecular formula is C54H36N2. The quantitative estimate of drug-likeness (QED) is 0.162. The Balaban J connectivity index is 1.01. The second-order valence-electron chi connectivity index (χ2n) is 14.5. The molecule has 56 heavy (non-hydrogen) atoms. The Morgan fingerprint density at radius 1 is 0.214 bits per heavy atom. The van der Waals surface area contributed by atoms with Crippen molar-refractivity contribution < 1.29 is 0 Å². The fourth-order valence-corrected chi connectivity index (χ4v) is 8.68. The second kappa shape index (κ2) is 13.2. The van der Waals surface area contributed by atoms with Crippen LogP contribution in [0.5, 0.6) is 0 Å². The van der Waals surface area contributed by atoms with E-state index in [1.807, 2.05) is 0 Å². The molecule has 0 unspecified atom stereocenters. The van der Waals surface area contributed by atoms with Crippen LogP contribution in [0.15, 0.2) is 218 Å². The topological polar surface area (TPSA) is 9.86 Å². The molecule has 0 atom stereocenters. The van der Waals surface area contributed by atoms with Gasteiger partial charge in [0.15, 0.2) is 0 Å². The molecule has 0 bridgehead atoms. The Morgan fingerprint density at radius 2 is 0.536 bits per heavy atom. The molecule has 11 rings (SSSR count).